The maximum absolute atomic E-state index is 12.1. The van der Waals surface area contributed by atoms with Crippen LogP contribution in [-0.4, -0.2) is 30.8 Å². The Bertz CT molecular complexity index is 340. The highest BCUT2D eigenvalue weighted by Crippen LogP contribution is 2.13. The number of nitrogens with one attached hydrogen (secondary N) is 1. The van der Waals surface area contributed by atoms with Crippen molar-refractivity contribution in [3.63, 3.8) is 0 Å². The molecule has 0 aromatic rings. The zero-order valence-corrected chi connectivity index (χ0v) is 12.3. The average molecular weight is 279 g/mol. The first-order valence-electron chi connectivity index (χ1n) is 6.62. The van der Waals surface area contributed by atoms with Crippen molar-refractivity contribution in [3.8, 4) is 0 Å². The fourth-order valence-electron chi connectivity index (χ4n) is 1.84. The molecule has 0 aromatic heterocycles. The van der Waals surface area contributed by atoms with E-state index in [-0.39, 0.29) is 0 Å². The topological polar surface area (TPSA) is 83.5 Å². The van der Waals surface area contributed by atoms with Crippen LogP contribution in [-0.2, 0) is 14.8 Å². The van der Waals surface area contributed by atoms with Gasteiger partial charge in [0.25, 0.3) is 0 Å². The molecule has 0 aliphatic rings. The number of rotatable bonds is 10. The van der Waals surface area contributed by atoms with Gasteiger partial charge in [0.05, 0.1) is 5.25 Å². The van der Waals surface area contributed by atoms with Gasteiger partial charge in [-0.15, -0.1) is 0 Å². The van der Waals surface area contributed by atoms with E-state index in [0.717, 1.165) is 12.8 Å². The summed E-state index contributed by atoms with van der Waals surface area (Å²) < 4.78 is 26.4. The lowest BCUT2D eigenvalue weighted by Crippen LogP contribution is -2.44. The quantitative estimate of drug-likeness (QED) is 0.641. The van der Waals surface area contributed by atoms with E-state index in [2.05, 4.69) is 4.72 Å². The third-order valence-corrected chi connectivity index (χ3v) is 5.02. The lowest BCUT2D eigenvalue weighted by molar-refractivity contribution is -0.139. The second kappa shape index (κ2) is 8.48. The molecule has 0 fully saturated rings. The maximum Gasteiger partial charge on any atom is 0.321 e. The van der Waals surface area contributed by atoms with Crippen LogP contribution in [0.3, 0.4) is 0 Å². The van der Waals surface area contributed by atoms with Gasteiger partial charge >= 0.3 is 5.97 Å². The summed E-state index contributed by atoms with van der Waals surface area (Å²) in [5.74, 6) is -1.10. The monoisotopic (exact) mass is 279 g/mol. The second-order valence-corrected chi connectivity index (χ2v) is 6.51. The zero-order valence-electron chi connectivity index (χ0n) is 11.5. The van der Waals surface area contributed by atoms with Crippen LogP contribution >= 0.6 is 0 Å². The summed E-state index contributed by atoms with van der Waals surface area (Å²) in [6.45, 7) is 5.67. The number of unbranched alkanes of at least 4 members (excludes halogenated alkanes) is 1. The molecule has 0 radical (unpaired) electrons. The number of hydrogen-bond donors (Lipinski definition) is 2. The first-order chi connectivity index (χ1) is 8.38. The predicted molar refractivity (Wildman–Crippen MR) is 72.0 cm³/mol. The van der Waals surface area contributed by atoms with Crippen molar-refractivity contribution in [1.29, 1.82) is 0 Å². The summed E-state index contributed by atoms with van der Waals surface area (Å²) in [6.07, 6.45) is 3.72. The van der Waals surface area contributed by atoms with E-state index >= 15 is 0 Å². The molecule has 0 amide bonds. The van der Waals surface area contributed by atoms with Crippen molar-refractivity contribution in [2.24, 2.45) is 0 Å². The van der Waals surface area contributed by atoms with Gasteiger partial charge in [-0.2, -0.15) is 0 Å². The van der Waals surface area contributed by atoms with Crippen LogP contribution in [0, 0.1) is 0 Å². The van der Waals surface area contributed by atoms with E-state index in [0.29, 0.717) is 25.7 Å². The van der Waals surface area contributed by atoms with E-state index in [1.165, 1.54) is 0 Å². The third-order valence-electron chi connectivity index (χ3n) is 2.96. The van der Waals surface area contributed by atoms with E-state index in [1.54, 1.807) is 6.92 Å². The molecule has 0 aliphatic heterocycles. The van der Waals surface area contributed by atoms with E-state index in [1.807, 2.05) is 13.8 Å². The fourth-order valence-corrected chi connectivity index (χ4v) is 3.63. The van der Waals surface area contributed by atoms with Gasteiger partial charge in [0.15, 0.2) is 0 Å². The molecule has 108 valence electrons. The van der Waals surface area contributed by atoms with Crippen LogP contribution in [0.5, 0.6) is 0 Å². The summed E-state index contributed by atoms with van der Waals surface area (Å²) in [5, 5.41) is 8.53. The standard InChI is InChI=1S/C12H25NO4S/c1-4-7-9-11(12(14)15)13-18(16,17)10(6-3)8-5-2/h10-11,13H,4-9H2,1-3H3,(H,14,15). The van der Waals surface area contributed by atoms with Gasteiger partial charge in [-0.05, 0) is 19.3 Å². The number of sulfonamides is 1. The first kappa shape index (κ1) is 17.4. The van der Waals surface area contributed by atoms with E-state index < -0.39 is 27.3 Å². The Morgan fingerprint density at radius 3 is 2.17 bits per heavy atom. The van der Waals surface area contributed by atoms with E-state index in [4.69, 9.17) is 5.11 Å². The van der Waals surface area contributed by atoms with Gasteiger partial charge in [0.2, 0.25) is 10.0 Å². The summed E-state index contributed by atoms with van der Waals surface area (Å²) >= 11 is 0. The van der Waals surface area contributed by atoms with Crippen LogP contribution in [0.15, 0.2) is 0 Å². The minimum atomic E-state index is -3.54. The Hall–Kier alpha value is -0.620. The number of carbonyl (C=O) groups is 1. The Labute approximate surface area is 110 Å². The van der Waals surface area contributed by atoms with Crippen molar-refractivity contribution in [3.05, 3.63) is 0 Å². The SMILES string of the molecule is CCCCC(NS(=O)(=O)C(CC)CCC)C(=O)O. The van der Waals surface area contributed by atoms with Gasteiger partial charge in [0, 0.05) is 0 Å². The van der Waals surface area contributed by atoms with Crippen LogP contribution in [0.4, 0.5) is 0 Å². The highest BCUT2D eigenvalue weighted by atomic mass is 32.2. The summed E-state index contributed by atoms with van der Waals surface area (Å²) in [5.41, 5.74) is 0. The summed E-state index contributed by atoms with van der Waals surface area (Å²) in [7, 11) is -3.54. The molecule has 0 aromatic carbocycles. The number of carboxylic acid groups (broad SMARTS) is 1. The lowest BCUT2D eigenvalue weighted by atomic mass is 10.1. The van der Waals surface area contributed by atoms with Crippen LogP contribution in [0.25, 0.3) is 0 Å². The average Bonchev–Trinajstić information content (AvgIpc) is 2.30. The Morgan fingerprint density at radius 2 is 1.78 bits per heavy atom. The molecule has 2 unspecified atom stereocenters. The van der Waals surface area contributed by atoms with Crippen molar-refractivity contribution in [1.82, 2.24) is 4.72 Å². The van der Waals surface area contributed by atoms with Gasteiger partial charge in [-0.1, -0.05) is 40.0 Å². The van der Waals surface area contributed by atoms with Crippen molar-refractivity contribution >= 4 is 16.0 Å². The lowest BCUT2D eigenvalue weighted by Gasteiger charge is -2.20. The normalized spacial score (nSPS) is 15.3. The van der Waals surface area contributed by atoms with Crippen molar-refractivity contribution < 1.29 is 18.3 Å². The fraction of sp³-hybridized carbons (Fsp3) is 0.917. The number of hydrogen-bond acceptors (Lipinski definition) is 3. The molecule has 2 N–H and O–H groups in total. The molecular weight excluding hydrogens is 254 g/mol. The van der Waals surface area contributed by atoms with Gasteiger partial charge in [0.1, 0.15) is 6.04 Å². The molecule has 0 saturated heterocycles. The molecule has 0 spiro atoms. The Morgan fingerprint density at radius 1 is 1.17 bits per heavy atom. The predicted octanol–water partition coefficient (Wildman–Crippen LogP) is 2.13. The number of aliphatic carboxylic acids is 1. The van der Waals surface area contributed by atoms with Gasteiger partial charge in [-0.25, -0.2) is 13.1 Å². The summed E-state index contributed by atoms with van der Waals surface area (Å²) in [4.78, 5) is 11.0. The molecule has 0 bridgehead atoms. The Balaban J connectivity index is 4.72. The molecule has 6 heteroatoms. The second-order valence-electron chi connectivity index (χ2n) is 4.51. The third kappa shape index (κ3) is 5.82. The highest BCUT2D eigenvalue weighted by Gasteiger charge is 2.28. The van der Waals surface area contributed by atoms with Crippen LogP contribution < -0.4 is 4.72 Å². The molecule has 0 aliphatic carbocycles. The first-order valence-corrected chi connectivity index (χ1v) is 8.17. The molecule has 0 saturated carbocycles. The van der Waals surface area contributed by atoms with Gasteiger partial charge < -0.3 is 5.11 Å². The smallest absolute Gasteiger partial charge is 0.321 e. The molecule has 18 heavy (non-hydrogen) atoms. The highest BCUT2D eigenvalue weighted by molar-refractivity contribution is 7.90. The maximum atomic E-state index is 12.1. The molecule has 5 nitrogen and oxygen atoms in total. The van der Waals surface area contributed by atoms with Crippen LogP contribution in [0.1, 0.15) is 59.3 Å². The minimum Gasteiger partial charge on any atom is -0.480 e. The summed E-state index contributed by atoms with van der Waals surface area (Å²) in [6, 6.07) is -0.999. The van der Waals surface area contributed by atoms with Crippen LogP contribution in [0.2, 0.25) is 0 Å². The molecule has 2 atom stereocenters. The Kier molecular flexibility index (Phi) is 8.18. The number of carboxylic acids is 1. The van der Waals surface area contributed by atoms with E-state index in [9.17, 15) is 13.2 Å². The van der Waals surface area contributed by atoms with Crippen molar-refractivity contribution in [2.75, 3.05) is 0 Å². The zero-order chi connectivity index (χ0) is 14.2. The molecule has 0 heterocycles. The molecule has 0 rings (SSSR count). The minimum absolute atomic E-state index is 0.341. The van der Waals surface area contributed by atoms with Crippen molar-refractivity contribution in [2.45, 2.75) is 70.6 Å². The largest absolute Gasteiger partial charge is 0.480 e. The van der Waals surface area contributed by atoms with Gasteiger partial charge in [-0.3, -0.25) is 4.79 Å². The molecular formula is C12H25NO4S.